The lowest BCUT2D eigenvalue weighted by Crippen LogP contribution is -2.41. The number of carboxylic acids is 1. The van der Waals surface area contributed by atoms with E-state index in [1.807, 2.05) is 37.3 Å². The van der Waals surface area contributed by atoms with Crippen LogP contribution >= 0.6 is 11.8 Å². The van der Waals surface area contributed by atoms with Crippen molar-refractivity contribution in [3.63, 3.8) is 0 Å². The van der Waals surface area contributed by atoms with Crippen molar-refractivity contribution in [1.29, 1.82) is 0 Å². The average molecular weight is 323 g/mol. The first-order valence-electron chi connectivity index (χ1n) is 7.24. The molecule has 0 aliphatic heterocycles. The van der Waals surface area contributed by atoms with Crippen LogP contribution in [0, 0.1) is 0 Å². The minimum Gasteiger partial charge on any atom is -0.481 e. The van der Waals surface area contributed by atoms with Gasteiger partial charge in [-0.1, -0.05) is 55.4 Å². The van der Waals surface area contributed by atoms with Gasteiger partial charge >= 0.3 is 5.97 Å². The predicted octanol–water partition coefficient (Wildman–Crippen LogP) is 2.25. The Kier molecular flexibility index (Phi) is 8.28. The monoisotopic (exact) mass is 323 g/mol. The van der Waals surface area contributed by atoms with Crippen LogP contribution in [0.2, 0.25) is 0 Å². The lowest BCUT2D eigenvalue weighted by atomic mass is 10.1. The van der Waals surface area contributed by atoms with Crippen molar-refractivity contribution in [3.05, 3.63) is 35.9 Å². The Morgan fingerprint density at radius 3 is 2.50 bits per heavy atom. The molecule has 0 bridgehead atoms. The quantitative estimate of drug-likeness (QED) is 0.728. The Bertz CT molecular complexity index is 504. The van der Waals surface area contributed by atoms with E-state index in [0.717, 1.165) is 30.2 Å². The SMILES string of the molecule is CCCCC(=O)NC(Cc1ccccc1)C(=O)SCC(=O)O. The Hall–Kier alpha value is -1.82. The van der Waals surface area contributed by atoms with Crippen molar-refractivity contribution in [3.8, 4) is 0 Å². The normalized spacial score (nSPS) is 11.7. The molecule has 0 saturated carbocycles. The van der Waals surface area contributed by atoms with Crippen molar-refractivity contribution < 1.29 is 19.5 Å². The average Bonchev–Trinajstić information content (AvgIpc) is 2.51. The van der Waals surface area contributed by atoms with Crippen LogP contribution in [0.5, 0.6) is 0 Å². The fourth-order valence-corrected chi connectivity index (χ4v) is 2.49. The van der Waals surface area contributed by atoms with Gasteiger partial charge in [0, 0.05) is 12.8 Å². The number of hydrogen-bond acceptors (Lipinski definition) is 4. The van der Waals surface area contributed by atoms with Crippen molar-refractivity contribution >= 4 is 28.8 Å². The molecule has 22 heavy (non-hydrogen) atoms. The standard InChI is InChI=1S/C16H21NO4S/c1-2-3-9-14(18)17-13(16(21)22-11-15(19)20)10-12-7-5-4-6-8-12/h4-8,13H,2-3,9-11H2,1H3,(H,17,18)(H,19,20). The van der Waals surface area contributed by atoms with Gasteiger partial charge in [-0.05, 0) is 12.0 Å². The van der Waals surface area contributed by atoms with Crippen molar-refractivity contribution in [2.75, 3.05) is 5.75 Å². The number of aliphatic carboxylic acids is 1. The van der Waals surface area contributed by atoms with Crippen LogP contribution in [0.25, 0.3) is 0 Å². The first kappa shape index (κ1) is 18.2. The number of amides is 1. The number of carbonyl (C=O) groups excluding carboxylic acids is 2. The number of thioether (sulfide) groups is 1. The minimum absolute atomic E-state index is 0.174. The fourth-order valence-electron chi connectivity index (χ4n) is 1.88. The van der Waals surface area contributed by atoms with Gasteiger partial charge < -0.3 is 10.4 Å². The van der Waals surface area contributed by atoms with Crippen LogP contribution < -0.4 is 5.32 Å². The highest BCUT2D eigenvalue weighted by Gasteiger charge is 2.22. The van der Waals surface area contributed by atoms with E-state index >= 15 is 0 Å². The largest absolute Gasteiger partial charge is 0.481 e. The van der Waals surface area contributed by atoms with Gasteiger partial charge in [0.25, 0.3) is 0 Å². The van der Waals surface area contributed by atoms with E-state index in [1.54, 1.807) is 0 Å². The van der Waals surface area contributed by atoms with Gasteiger partial charge in [0.15, 0.2) is 0 Å². The second-order valence-corrected chi connectivity index (χ2v) is 5.89. The maximum Gasteiger partial charge on any atom is 0.313 e. The van der Waals surface area contributed by atoms with Crippen LogP contribution in [-0.4, -0.2) is 33.9 Å². The predicted molar refractivity (Wildman–Crippen MR) is 86.7 cm³/mol. The Labute approximate surface area is 134 Å². The molecule has 0 saturated heterocycles. The van der Waals surface area contributed by atoms with E-state index in [1.165, 1.54) is 0 Å². The number of rotatable bonds is 9. The van der Waals surface area contributed by atoms with Gasteiger partial charge in [0.2, 0.25) is 11.0 Å². The van der Waals surface area contributed by atoms with Crippen LogP contribution in [-0.2, 0) is 20.8 Å². The smallest absolute Gasteiger partial charge is 0.313 e. The highest BCUT2D eigenvalue weighted by molar-refractivity contribution is 8.14. The number of benzene rings is 1. The number of nitrogens with one attached hydrogen (secondary N) is 1. The second-order valence-electron chi connectivity index (χ2n) is 4.91. The summed E-state index contributed by atoms with van der Waals surface area (Å²) in [5.74, 6) is -1.52. The van der Waals surface area contributed by atoms with Crippen molar-refractivity contribution in [1.82, 2.24) is 5.32 Å². The van der Waals surface area contributed by atoms with E-state index in [-0.39, 0.29) is 16.8 Å². The third-order valence-corrected chi connectivity index (χ3v) is 3.96. The molecule has 0 aliphatic rings. The Morgan fingerprint density at radius 1 is 1.23 bits per heavy atom. The number of hydrogen-bond donors (Lipinski definition) is 2. The summed E-state index contributed by atoms with van der Waals surface area (Å²) in [4.78, 5) is 34.6. The van der Waals surface area contributed by atoms with E-state index < -0.39 is 12.0 Å². The molecular weight excluding hydrogens is 302 g/mol. The van der Waals surface area contributed by atoms with E-state index in [9.17, 15) is 14.4 Å². The molecule has 1 atom stereocenters. The van der Waals surface area contributed by atoms with Gasteiger partial charge in [-0.25, -0.2) is 0 Å². The van der Waals surface area contributed by atoms with Crippen LogP contribution in [0.1, 0.15) is 31.7 Å². The van der Waals surface area contributed by atoms with Crippen molar-refractivity contribution in [2.24, 2.45) is 0 Å². The number of carbonyl (C=O) groups is 3. The van der Waals surface area contributed by atoms with Crippen LogP contribution in [0.15, 0.2) is 30.3 Å². The summed E-state index contributed by atoms with van der Waals surface area (Å²) in [5, 5.41) is 11.1. The molecule has 5 nitrogen and oxygen atoms in total. The summed E-state index contributed by atoms with van der Waals surface area (Å²) in [6, 6.07) is 8.65. The molecule has 1 rings (SSSR count). The highest BCUT2D eigenvalue weighted by atomic mass is 32.2. The topological polar surface area (TPSA) is 83.5 Å². The summed E-state index contributed by atoms with van der Waals surface area (Å²) in [5.41, 5.74) is 0.924. The highest BCUT2D eigenvalue weighted by Crippen LogP contribution is 2.12. The molecule has 120 valence electrons. The molecule has 6 heteroatoms. The Balaban J connectivity index is 2.69. The molecule has 1 amide bonds. The molecule has 0 aliphatic carbocycles. The molecule has 0 fully saturated rings. The molecule has 2 N–H and O–H groups in total. The zero-order valence-corrected chi connectivity index (χ0v) is 13.4. The van der Waals surface area contributed by atoms with Crippen molar-refractivity contribution in [2.45, 2.75) is 38.6 Å². The summed E-state index contributed by atoms with van der Waals surface area (Å²) < 4.78 is 0. The summed E-state index contributed by atoms with van der Waals surface area (Å²) in [6.45, 7) is 1.99. The zero-order valence-electron chi connectivity index (χ0n) is 12.6. The molecule has 1 aromatic carbocycles. The molecular formula is C16H21NO4S. The van der Waals surface area contributed by atoms with Gasteiger partial charge in [0.1, 0.15) is 6.04 Å². The summed E-state index contributed by atoms with van der Waals surface area (Å²) in [6.07, 6.45) is 2.40. The lowest BCUT2D eigenvalue weighted by Gasteiger charge is -2.17. The maximum absolute atomic E-state index is 12.1. The first-order valence-corrected chi connectivity index (χ1v) is 8.23. The van der Waals surface area contributed by atoms with Crippen LogP contribution in [0.3, 0.4) is 0 Å². The summed E-state index contributed by atoms with van der Waals surface area (Å²) >= 11 is 0.725. The molecule has 0 radical (unpaired) electrons. The van der Waals surface area contributed by atoms with Gasteiger partial charge in [-0.2, -0.15) is 0 Å². The lowest BCUT2D eigenvalue weighted by molar-refractivity contribution is -0.134. The summed E-state index contributed by atoms with van der Waals surface area (Å²) in [7, 11) is 0. The second kappa shape index (κ2) is 10.00. The van der Waals surface area contributed by atoms with Gasteiger partial charge in [0.05, 0.1) is 5.75 Å². The number of unbranched alkanes of at least 4 members (excludes halogenated alkanes) is 1. The van der Waals surface area contributed by atoms with Gasteiger partial charge in [-0.15, -0.1) is 0 Å². The van der Waals surface area contributed by atoms with E-state index in [4.69, 9.17) is 5.11 Å². The number of carboxylic acid groups (broad SMARTS) is 1. The molecule has 0 heterocycles. The maximum atomic E-state index is 12.1. The molecule has 1 unspecified atom stereocenters. The van der Waals surface area contributed by atoms with E-state index in [0.29, 0.717) is 12.8 Å². The van der Waals surface area contributed by atoms with Crippen LogP contribution in [0.4, 0.5) is 0 Å². The van der Waals surface area contributed by atoms with Gasteiger partial charge in [-0.3, -0.25) is 14.4 Å². The minimum atomic E-state index is -1.05. The fraction of sp³-hybridized carbons (Fsp3) is 0.438. The molecule has 0 spiro atoms. The van der Waals surface area contributed by atoms with E-state index in [2.05, 4.69) is 5.32 Å². The molecule has 0 aromatic heterocycles. The molecule has 1 aromatic rings. The third-order valence-electron chi connectivity index (χ3n) is 3.00. The first-order chi connectivity index (χ1) is 10.5. The third kappa shape index (κ3) is 7.26. The Morgan fingerprint density at radius 2 is 1.91 bits per heavy atom. The zero-order chi connectivity index (χ0) is 16.4.